The quantitative estimate of drug-likeness (QED) is 0.179. The van der Waals surface area contributed by atoms with Gasteiger partial charge >= 0.3 is 0 Å². The number of nitrogens with zero attached hydrogens (tertiary/aromatic N) is 7. The Balaban J connectivity index is 1.03. The molecule has 0 unspecified atom stereocenters. The third kappa shape index (κ3) is 4.90. The van der Waals surface area contributed by atoms with Crippen LogP contribution in [0.3, 0.4) is 0 Å². The second-order valence-electron chi connectivity index (χ2n) is 12.5. The highest BCUT2D eigenvalue weighted by Gasteiger charge is 2.18. The van der Waals surface area contributed by atoms with Gasteiger partial charge in [-0.1, -0.05) is 109 Å². The summed E-state index contributed by atoms with van der Waals surface area (Å²) < 4.78 is 6.48. The minimum absolute atomic E-state index is 0.802. The highest BCUT2D eigenvalue weighted by atomic mass is 15.1. The molecule has 0 aliphatic carbocycles. The molecule has 0 saturated carbocycles. The summed E-state index contributed by atoms with van der Waals surface area (Å²) >= 11 is 0. The molecule has 0 amide bonds. The van der Waals surface area contributed by atoms with E-state index in [1.54, 1.807) is 0 Å². The van der Waals surface area contributed by atoms with Crippen molar-refractivity contribution in [1.82, 2.24) is 33.5 Å². The molecule has 7 heteroatoms. The van der Waals surface area contributed by atoms with Crippen LogP contribution >= 0.6 is 0 Å². The minimum Gasteiger partial charge on any atom is -0.303 e. The van der Waals surface area contributed by atoms with Crippen molar-refractivity contribution in [2.24, 2.45) is 0 Å². The second kappa shape index (κ2) is 11.8. The van der Waals surface area contributed by atoms with Crippen LogP contribution in [0, 0.1) is 0 Å². The number of rotatable bonds is 6. The van der Waals surface area contributed by atoms with Gasteiger partial charge in [-0.05, 0) is 48.5 Å². The normalized spacial score (nSPS) is 11.5. The van der Waals surface area contributed by atoms with Gasteiger partial charge in [0.15, 0.2) is 5.65 Å². The third-order valence-electron chi connectivity index (χ3n) is 9.38. The maximum absolute atomic E-state index is 5.19. The van der Waals surface area contributed by atoms with Crippen molar-refractivity contribution >= 4 is 27.7 Å². The molecule has 10 rings (SSSR count). The molecule has 4 aromatic heterocycles. The first-order chi connectivity index (χ1) is 25.3. The van der Waals surface area contributed by atoms with E-state index < -0.39 is 0 Å². The smallest absolute Gasteiger partial charge is 0.163 e. The Bertz CT molecular complexity index is 2830. The monoisotopic (exact) mass is 655 g/mol. The number of para-hydroxylation sites is 6. The lowest BCUT2D eigenvalue weighted by molar-refractivity contribution is 1.10. The van der Waals surface area contributed by atoms with Gasteiger partial charge in [0.05, 0.1) is 27.8 Å². The van der Waals surface area contributed by atoms with E-state index in [9.17, 15) is 0 Å². The number of hydrogen-bond acceptors (Lipinski definition) is 4. The molecule has 0 aliphatic heterocycles. The SMILES string of the molecule is c1ccc(-n2c(-c3ccc(-c4cn5ccnc5c(-c5ccc(-c6nc7ccccc7n6-c6ccccc6)cc5)n4)cc3)nc3ccccc32)cc1. The molecule has 0 saturated heterocycles. The molecule has 51 heavy (non-hydrogen) atoms. The summed E-state index contributed by atoms with van der Waals surface area (Å²) in [6.07, 6.45) is 5.83. The van der Waals surface area contributed by atoms with Gasteiger partial charge in [0, 0.05) is 52.2 Å². The Hall–Kier alpha value is -7.12. The number of hydrogen-bond donors (Lipinski definition) is 0. The summed E-state index contributed by atoms with van der Waals surface area (Å²) in [7, 11) is 0. The van der Waals surface area contributed by atoms with Gasteiger partial charge in [-0.25, -0.2) is 19.9 Å². The maximum atomic E-state index is 5.19. The van der Waals surface area contributed by atoms with Gasteiger partial charge in [0.25, 0.3) is 0 Å². The zero-order valence-electron chi connectivity index (χ0n) is 27.4. The predicted molar refractivity (Wildman–Crippen MR) is 204 cm³/mol. The van der Waals surface area contributed by atoms with E-state index in [-0.39, 0.29) is 0 Å². The Kier molecular flexibility index (Phi) is 6.67. The molecule has 0 aliphatic rings. The fraction of sp³-hybridized carbons (Fsp3) is 0. The molecule has 10 aromatic rings. The van der Waals surface area contributed by atoms with Crippen molar-refractivity contribution in [1.29, 1.82) is 0 Å². The molecule has 0 atom stereocenters. The number of benzene rings is 6. The molecule has 240 valence electrons. The van der Waals surface area contributed by atoms with E-state index in [1.165, 1.54) is 0 Å². The summed E-state index contributed by atoms with van der Waals surface area (Å²) in [6.45, 7) is 0. The average molecular weight is 656 g/mol. The average Bonchev–Trinajstić information content (AvgIpc) is 3.94. The van der Waals surface area contributed by atoms with Crippen LogP contribution in [0.2, 0.25) is 0 Å². The lowest BCUT2D eigenvalue weighted by atomic mass is 10.1. The van der Waals surface area contributed by atoms with Crippen molar-refractivity contribution in [3.8, 4) is 56.7 Å². The summed E-state index contributed by atoms with van der Waals surface area (Å²) in [6, 6.07) is 54.2. The van der Waals surface area contributed by atoms with Crippen molar-refractivity contribution in [3.05, 3.63) is 176 Å². The van der Waals surface area contributed by atoms with Crippen LogP contribution in [-0.2, 0) is 0 Å². The van der Waals surface area contributed by atoms with Gasteiger partial charge in [0.2, 0.25) is 0 Å². The van der Waals surface area contributed by atoms with E-state index in [1.807, 2.05) is 47.3 Å². The second-order valence-corrected chi connectivity index (χ2v) is 12.5. The fourth-order valence-corrected chi connectivity index (χ4v) is 6.95. The zero-order valence-corrected chi connectivity index (χ0v) is 27.4. The number of fused-ring (bicyclic) bond motifs is 3. The van der Waals surface area contributed by atoms with Crippen molar-refractivity contribution < 1.29 is 0 Å². The first-order valence-corrected chi connectivity index (χ1v) is 16.9. The number of aromatic nitrogens is 7. The van der Waals surface area contributed by atoms with Gasteiger partial charge < -0.3 is 4.40 Å². The molecule has 7 nitrogen and oxygen atoms in total. The molecular formula is C44H29N7. The Morgan fingerprint density at radius 2 is 0.882 bits per heavy atom. The van der Waals surface area contributed by atoms with Gasteiger partial charge in [-0.3, -0.25) is 9.13 Å². The Morgan fingerprint density at radius 3 is 1.43 bits per heavy atom. The number of imidazole rings is 3. The van der Waals surface area contributed by atoms with E-state index >= 15 is 0 Å². The standard InChI is InChI=1S/C44H29N7/c1-3-11-34(12-4-1)50-39-17-9-7-15-36(39)47-42(50)32-23-19-30(20-24-32)38-29-49-28-27-45-44(49)41(46-38)31-21-25-33(26-22-31)43-48-37-16-8-10-18-40(37)51(43)35-13-5-2-6-14-35/h1-29H. The van der Waals surface area contributed by atoms with Crippen molar-refractivity contribution in [3.63, 3.8) is 0 Å². The summed E-state index contributed by atoms with van der Waals surface area (Å²) in [5.41, 5.74) is 12.7. The largest absolute Gasteiger partial charge is 0.303 e. The maximum Gasteiger partial charge on any atom is 0.163 e. The highest BCUT2D eigenvalue weighted by molar-refractivity contribution is 5.85. The Morgan fingerprint density at radius 1 is 0.412 bits per heavy atom. The molecule has 6 aromatic carbocycles. The van der Waals surface area contributed by atoms with E-state index in [0.29, 0.717) is 0 Å². The zero-order chi connectivity index (χ0) is 33.7. The van der Waals surface area contributed by atoms with E-state index in [4.69, 9.17) is 15.0 Å². The molecule has 0 bridgehead atoms. The van der Waals surface area contributed by atoms with Crippen LogP contribution in [0.1, 0.15) is 0 Å². The first kappa shape index (κ1) is 28.9. The molecule has 0 fully saturated rings. The summed E-state index contributed by atoms with van der Waals surface area (Å²) in [4.78, 5) is 20.0. The molecular weight excluding hydrogens is 627 g/mol. The molecule has 0 N–H and O–H groups in total. The van der Waals surface area contributed by atoms with Crippen LogP contribution < -0.4 is 0 Å². The van der Waals surface area contributed by atoms with Crippen LogP contribution in [0.4, 0.5) is 0 Å². The topological polar surface area (TPSA) is 65.8 Å². The van der Waals surface area contributed by atoms with Gasteiger partial charge in [0.1, 0.15) is 17.3 Å². The van der Waals surface area contributed by atoms with E-state index in [2.05, 4.69) is 148 Å². The molecule has 0 radical (unpaired) electrons. The van der Waals surface area contributed by atoms with Crippen LogP contribution in [0.25, 0.3) is 84.4 Å². The fourth-order valence-electron chi connectivity index (χ4n) is 6.95. The first-order valence-electron chi connectivity index (χ1n) is 16.9. The minimum atomic E-state index is 0.802. The van der Waals surface area contributed by atoms with Crippen LogP contribution in [0.5, 0.6) is 0 Å². The van der Waals surface area contributed by atoms with Gasteiger partial charge in [-0.15, -0.1) is 0 Å². The summed E-state index contributed by atoms with van der Waals surface area (Å²) in [5.74, 6) is 1.79. The lowest BCUT2D eigenvalue weighted by Gasteiger charge is -2.12. The predicted octanol–water partition coefficient (Wildman–Crippen LogP) is 10.1. The van der Waals surface area contributed by atoms with Crippen LogP contribution in [0.15, 0.2) is 176 Å². The van der Waals surface area contributed by atoms with Crippen molar-refractivity contribution in [2.45, 2.75) is 0 Å². The van der Waals surface area contributed by atoms with Crippen molar-refractivity contribution in [2.75, 3.05) is 0 Å². The Labute approximate surface area is 293 Å². The lowest BCUT2D eigenvalue weighted by Crippen LogP contribution is -1.98. The summed E-state index contributed by atoms with van der Waals surface area (Å²) in [5, 5.41) is 0. The third-order valence-corrected chi connectivity index (χ3v) is 9.38. The van der Waals surface area contributed by atoms with Crippen LogP contribution in [-0.4, -0.2) is 33.5 Å². The highest BCUT2D eigenvalue weighted by Crippen LogP contribution is 2.33. The molecule has 4 heterocycles. The van der Waals surface area contributed by atoms with Gasteiger partial charge in [-0.2, -0.15) is 0 Å². The molecule has 0 spiro atoms. The van der Waals surface area contributed by atoms with E-state index in [0.717, 1.165) is 84.4 Å².